The first-order valence-corrected chi connectivity index (χ1v) is 6.68. The van der Waals surface area contributed by atoms with Crippen molar-refractivity contribution in [2.45, 2.75) is 45.1 Å². The first-order chi connectivity index (χ1) is 7.81. The van der Waals surface area contributed by atoms with Gasteiger partial charge in [-0.25, -0.2) is 0 Å². The summed E-state index contributed by atoms with van der Waals surface area (Å²) in [5.41, 5.74) is 5.36. The minimum atomic E-state index is 0.452. The van der Waals surface area contributed by atoms with Gasteiger partial charge in [0.1, 0.15) is 0 Å². The predicted octanol–water partition coefficient (Wildman–Crippen LogP) is 3.12. The number of hydrogen-bond donors (Lipinski definition) is 0. The summed E-state index contributed by atoms with van der Waals surface area (Å²) in [7, 11) is 0. The molecule has 1 aromatic rings. The second kappa shape index (κ2) is 3.59. The largest absolute Gasteiger partial charge is 0.294 e. The molecule has 0 N–H and O–H groups in total. The molecule has 1 heteroatoms. The molecule has 0 unspecified atom stereocenters. The SMILES string of the molecule is CCc1cccc2c1CCN(CC)C21CC1. The van der Waals surface area contributed by atoms with Crippen LogP contribution in [0.15, 0.2) is 18.2 Å². The van der Waals surface area contributed by atoms with Crippen LogP contribution >= 0.6 is 0 Å². The van der Waals surface area contributed by atoms with E-state index >= 15 is 0 Å². The zero-order valence-corrected chi connectivity index (χ0v) is 10.4. The lowest BCUT2D eigenvalue weighted by Gasteiger charge is -2.38. The molecular weight excluding hydrogens is 194 g/mol. The van der Waals surface area contributed by atoms with Crippen LogP contribution in [0.5, 0.6) is 0 Å². The third-order valence-corrected chi connectivity index (χ3v) is 4.50. The number of likely N-dealkylation sites (N-methyl/N-ethyl adjacent to an activating group) is 1. The average Bonchev–Trinajstić information content (AvgIpc) is 3.11. The Morgan fingerprint density at radius 3 is 2.69 bits per heavy atom. The number of rotatable bonds is 2. The van der Waals surface area contributed by atoms with Crippen LogP contribution in [0, 0.1) is 0 Å². The van der Waals surface area contributed by atoms with Gasteiger partial charge in [-0.15, -0.1) is 0 Å². The molecule has 1 heterocycles. The molecule has 3 rings (SSSR count). The van der Waals surface area contributed by atoms with Crippen molar-refractivity contribution in [1.82, 2.24) is 4.90 Å². The molecule has 1 aliphatic carbocycles. The minimum Gasteiger partial charge on any atom is -0.294 e. The van der Waals surface area contributed by atoms with E-state index in [1.807, 2.05) is 0 Å². The Labute approximate surface area is 98.5 Å². The van der Waals surface area contributed by atoms with Crippen molar-refractivity contribution in [1.29, 1.82) is 0 Å². The van der Waals surface area contributed by atoms with E-state index < -0.39 is 0 Å². The Morgan fingerprint density at radius 1 is 1.25 bits per heavy atom. The number of hydrogen-bond acceptors (Lipinski definition) is 1. The number of nitrogens with zero attached hydrogens (tertiary/aromatic N) is 1. The van der Waals surface area contributed by atoms with E-state index in [9.17, 15) is 0 Å². The lowest BCUT2D eigenvalue weighted by molar-refractivity contribution is 0.173. The van der Waals surface area contributed by atoms with Gasteiger partial charge in [0.25, 0.3) is 0 Å². The summed E-state index contributed by atoms with van der Waals surface area (Å²) in [6.07, 6.45) is 5.20. The van der Waals surface area contributed by atoms with Crippen molar-refractivity contribution in [3.63, 3.8) is 0 Å². The molecule has 0 bridgehead atoms. The summed E-state index contributed by atoms with van der Waals surface area (Å²) in [4.78, 5) is 2.69. The molecule has 1 nitrogen and oxygen atoms in total. The van der Waals surface area contributed by atoms with Gasteiger partial charge in [-0.1, -0.05) is 32.0 Å². The monoisotopic (exact) mass is 215 g/mol. The van der Waals surface area contributed by atoms with Crippen LogP contribution in [0.1, 0.15) is 43.4 Å². The van der Waals surface area contributed by atoms with E-state index in [4.69, 9.17) is 0 Å². The van der Waals surface area contributed by atoms with Gasteiger partial charge in [0.05, 0.1) is 0 Å². The molecule has 16 heavy (non-hydrogen) atoms. The van der Waals surface area contributed by atoms with Crippen molar-refractivity contribution in [2.75, 3.05) is 13.1 Å². The Balaban J connectivity index is 2.10. The summed E-state index contributed by atoms with van der Waals surface area (Å²) in [6, 6.07) is 6.96. The van der Waals surface area contributed by atoms with Gasteiger partial charge in [0.15, 0.2) is 0 Å². The summed E-state index contributed by atoms with van der Waals surface area (Å²) in [5, 5.41) is 0. The fourth-order valence-electron chi connectivity index (χ4n) is 3.49. The normalized spacial score (nSPS) is 22.1. The van der Waals surface area contributed by atoms with Crippen molar-refractivity contribution in [3.8, 4) is 0 Å². The first kappa shape index (κ1) is 10.3. The third-order valence-electron chi connectivity index (χ3n) is 4.50. The van der Waals surface area contributed by atoms with Crippen LogP contribution in [0.3, 0.4) is 0 Å². The molecule has 1 spiro atoms. The number of aryl methyl sites for hydroxylation is 1. The van der Waals surface area contributed by atoms with Gasteiger partial charge in [0, 0.05) is 12.1 Å². The molecule has 1 aliphatic heterocycles. The molecule has 0 aromatic heterocycles. The maximum absolute atomic E-state index is 2.69. The van der Waals surface area contributed by atoms with Gasteiger partial charge >= 0.3 is 0 Å². The summed E-state index contributed by atoms with van der Waals surface area (Å²) in [6.45, 7) is 7.05. The maximum Gasteiger partial charge on any atom is 0.0465 e. The van der Waals surface area contributed by atoms with Gasteiger partial charge in [-0.05, 0) is 48.9 Å². The number of fused-ring (bicyclic) bond motifs is 2. The maximum atomic E-state index is 2.69. The Hall–Kier alpha value is -0.820. The van der Waals surface area contributed by atoms with Crippen molar-refractivity contribution < 1.29 is 0 Å². The van der Waals surface area contributed by atoms with E-state index in [1.165, 1.54) is 38.8 Å². The van der Waals surface area contributed by atoms with E-state index in [2.05, 4.69) is 36.9 Å². The summed E-state index contributed by atoms with van der Waals surface area (Å²) >= 11 is 0. The highest BCUT2D eigenvalue weighted by Crippen LogP contribution is 2.54. The Bertz CT molecular complexity index is 404. The zero-order chi connectivity index (χ0) is 11.2. The zero-order valence-electron chi connectivity index (χ0n) is 10.4. The second-order valence-corrected chi connectivity index (χ2v) is 5.16. The predicted molar refractivity (Wildman–Crippen MR) is 67.7 cm³/mol. The highest BCUT2D eigenvalue weighted by Gasteiger charge is 2.51. The molecule has 0 saturated heterocycles. The van der Waals surface area contributed by atoms with Crippen LogP contribution in [0.25, 0.3) is 0 Å². The molecular formula is C15H21N. The van der Waals surface area contributed by atoms with Crippen LogP contribution in [-0.4, -0.2) is 18.0 Å². The van der Waals surface area contributed by atoms with Crippen LogP contribution in [0.2, 0.25) is 0 Å². The molecule has 2 aliphatic rings. The van der Waals surface area contributed by atoms with E-state index in [0.717, 1.165) is 0 Å². The Morgan fingerprint density at radius 2 is 2.06 bits per heavy atom. The van der Waals surface area contributed by atoms with Gasteiger partial charge < -0.3 is 0 Å². The van der Waals surface area contributed by atoms with E-state index in [0.29, 0.717) is 5.54 Å². The lowest BCUT2D eigenvalue weighted by Crippen LogP contribution is -2.41. The van der Waals surface area contributed by atoms with Crippen LogP contribution in [0.4, 0.5) is 0 Å². The quantitative estimate of drug-likeness (QED) is 0.732. The standard InChI is InChI=1S/C15H21N/c1-3-12-6-5-7-14-13(12)8-11-16(4-2)15(14)9-10-15/h5-7H,3-4,8-11H2,1-2H3. The molecule has 86 valence electrons. The van der Waals surface area contributed by atoms with Gasteiger partial charge in [-0.2, -0.15) is 0 Å². The third kappa shape index (κ3) is 1.27. The number of benzene rings is 1. The van der Waals surface area contributed by atoms with Crippen LogP contribution < -0.4 is 0 Å². The highest BCUT2D eigenvalue weighted by molar-refractivity contribution is 5.45. The smallest absolute Gasteiger partial charge is 0.0465 e. The van der Waals surface area contributed by atoms with E-state index in [1.54, 1.807) is 16.7 Å². The van der Waals surface area contributed by atoms with Crippen molar-refractivity contribution in [3.05, 3.63) is 34.9 Å². The fourth-order valence-corrected chi connectivity index (χ4v) is 3.49. The second-order valence-electron chi connectivity index (χ2n) is 5.16. The average molecular weight is 215 g/mol. The van der Waals surface area contributed by atoms with Crippen molar-refractivity contribution >= 4 is 0 Å². The van der Waals surface area contributed by atoms with E-state index in [-0.39, 0.29) is 0 Å². The highest BCUT2D eigenvalue weighted by atomic mass is 15.2. The molecule has 0 amide bonds. The molecule has 0 atom stereocenters. The van der Waals surface area contributed by atoms with Crippen molar-refractivity contribution in [2.24, 2.45) is 0 Å². The van der Waals surface area contributed by atoms with Crippen LogP contribution in [-0.2, 0) is 18.4 Å². The topological polar surface area (TPSA) is 3.24 Å². The lowest BCUT2D eigenvalue weighted by atomic mass is 9.86. The molecule has 1 saturated carbocycles. The summed E-state index contributed by atoms with van der Waals surface area (Å²) in [5.74, 6) is 0. The fraction of sp³-hybridized carbons (Fsp3) is 0.600. The minimum absolute atomic E-state index is 0.452. The van der Waals surface area contributed by atoms with Gasteiger partial charge in [0.2, 0.25) is 0 Å². The van der Waals surface area contributed by atoms with Gasteiger partial charge in [-0.3, -0.25) is 4.90 Å². The Kier molecular flexibility index (Phi) is 2.32. The first-order valence-electron chi connectivity index (χ1n) is 6.68. The molecule has 0 radical (unpaired) electrons. The molecule has 1 fully saturated rings. The summed E-state index contributed by atoms with van der Waals surface area (Å²) < 4.78 is 0. The molecule has 1 aromatic carbocycles.